The molecule has 0 radical (unpaired) electrons. The van der Waals surface area contributed by atoms with Crippen LogP contribution in [0.4, 0.5) is 5.82 Å². The molecule has 1 aliphatic heterocycles. The van der Waals surface area contributed by atoms with Crippen molar-refractivity contribution < 1.29 is 17.9 Å². The Morgan fingerprint density at radius 2 is 1.78 bits per heavy atom. The van der Waals surface area contributed by atoms with Gasteiger partial charge in [0, 0.05) is 0 Å². The molecule has 1 atom stereocenters. The first-order valence-electron chi connectivity index (χ1n) is 14.3. The molecule has 2 aromatic heterocycles. The number of carbonyl (C=O) groups excluding carboxylic acids is 1. The van der Waals surface area contributed by atoms with Crippen LogP contribution in [0.5, 0.6) is 5.88 Å². The fourth-order valence-electron chi connectivity index (χ4n) is 5.36. The maximum Gasteiger partial charge on any atom is -0.0472 e. The topological polar surface area (TPSA) is 106 Å². The monoisotopic (exact) mass is 641 g/mol. The number of anilines is 1. The summed E-state index contributed by atoms with van der Waals surface area (Å²) in [5.74, 6) is 8.02. The summed E-state index contributed by atoms with van der Waals surface area (Å²) in [5, 5.41) is 4.58. The number of nitrogens with zero attached hydrogens (tertiary/aromatic N) is 4. The largest absolute Gasteiger partial charge is 0.0472 e. The third kappa shape index (κ3) is 6.64. The van der Waals surface area contributed by atoms with Gasteiger partial charge in [-0.15, -0.1) is 0 Å². The maximum atomic E-state index is 13.6. The van der Waals surface area contributed by atoms with Gasteiger partial charge in [0.15, 0.2) is 0 Å². The number of nitrogens with one attached hydrogen (secondary N) is 1. The summed E-state index contributed by atoms with van der Waals surface area (Å²) in [6.07, 6.45) is 6.28. The summed E-state index contributed by atoms with van der Waals surface area (Å²) in [7, 11) is -4.06. The first-order chi connectivity index (χ1) is 19.2. The van der Waals surface area contributed by atoms with Gasteiger partial charge < -0.3 is 0 Å². The molecule has 1 saturated heterocycles. The Hall–Kier alpha value is -2.86. The van der Waals surface area contributed by atoms with Gasteiger partial charge in [0.1, 0.15) is 0 Å². The van der Waals surface area contributed by atoms with Gasteiger partial charge in [-0.2, -0.15) is 0 Å². The van der Waals surface area contributed by atoms with Gasteiger partial charge >= 0.3 is 222 Å². The molecule has 11 heteroatoms. The molecule has 3 aromatic rings. The third-order valence-corrected chi connectivity index (χ3v) is 15.9. The first kappa shape index (κ1) is 29.6. The number of benzene rings is 1. The van der Waals surface area contributed by atoms with Crippen molar-refractivity contribution in [3.8, 4) is 11.7 Å². The average Bonchev–Trinajstić information content (AvgIpc) is 3.29. The van der Waals surface area contributed by atoms with Gasteiger partial charge in [-0.05, 0) is 18.3 Å². The molecule has 0 spiro atoms. The van der Waals surface area contributed by atoms with Crippen molar-refractivity contribution >= 4 is 35.0 Å². The minimum atomic E-state index is -4.06. The van der Waals surface area contributed by atoms with E-state index in [1.165, 1.54) is 25.0 Å². The zero-order valence-corrected chi connectivity index (χ0v) is 27.8. The van der Waals surface area contributed by atoms with Crippen molar-refractivity contribution in [3.63, 3.8) is 0 Å². The smallest absolute Gasteiger partial charge is 0.0472 e. The van der Waals surface area contributed by atoms with Crippen LogP contribution in [0.15, 0.2) is 59.6 Å². The third-order valence-electron chi connectivity index (χ3n) is 8.60. The van der Waals surface area contributed by atoms with Crippen molar-refractivity contribution in [2.45, 2.75) is 78.9 Å². The molecule has 1 saturated carbocycles. The SMILES string of the molecule is CC1(CCOc2ccn(-c3ccc(C(=O)NS(=O)(=O)c4ccccc4)c(N4C[CH]([Ge]([CH3])([CH3])[CH3])CC4(C)C)n3)n2)CC1. The normalized spacial score (nSPS) is 19.7. The molecule has 1 N–H and O–H groups in total. The van der Waals surface area contributed by atoms with Gasteiger partial charge in [0.2, 0.25) is 0 Å². The Bertz CT molecular complexity index is 1530. The van der Waals surface area contributed by atoms with Gasteiger partial charge in [-0.1, -0.05) is 6.92 Å². The summed E-state index contributed by atoms with van der Waals surface area (Å²) in [6.45, 7) is 7.99. The number of hydrogen-bond donors (Lipinski definition) is 1. The molecule has 1 aromatic carbocycles. The number of rotatable bonds is 10. The van der Waals surface area contributed by atoms with E-state index in [4.69, 9.17) is 9.72 Å². The molecule has 220 valence electrons. The second-order valence-corrected chi connectivity index (χ2v) is 26.8. The van der Waals surface area contributed by atoms with Crippen molar-refractivity contribution in [1.82, 2.24) is 19.5 Å². The molecule has 1 amide bonds. The molecule has 1 unspecified atom stereocenters. The fraction of sp³-hybridized carbons (Fsp3) is 0.500. The van der Waals surface area contributed by atoms with Crippen LogP contribution in [0.25, 0.3) is 5.82 Å². The molecule has 5 rings (SSSR count). The Morgan fingerprint density at radius 3 is 2.41 bits per heavy atom. The Balaban J connectivity index is 1.47. The van der Waals surface area contributed by atoms with E-state index in [1.54, 1.807) is 41.2 Å². The van der Waals surface area contributed by atoms with E-state index in [0.29, 0.717) is 34.3 Å². The van der Waals surface area contributed by atoms with E-state index in [9.17, 15) is 13.2 Å². The molecular formula is C30H41GeN5O4S. The summed E-state index contributed by atoms with van der Waals surface area (Å²) < 4.78 is 36.4. The summed E-state index contributed by atoms with van der Waals surface area (Å²) in [4.78, 5) is 20.7. The number of amides is 1. The molecule has 2 fully saturated rings. The molecule has 0 bridgehead atoms. The van der Waals surface area contributed by atoms with Crippen molar-refractivity contribution in [2.24, 2.45) is 5.41 Å². The van der Waals surface area contributed by atoms with Crippen molar-refractivity contribution in [3.05, 3.63) is 60.3 Å². The number of aromatic nitrogens is 3. The van der Waals surface area contributed by atoms with Gasteiger partial charge in [-0.3, -0.25) is 0 Å². The number of ether oxygens (including phenoxy) is 1. The molecule has 3 heterocycles. The molecule has 41 heavy (non-hydrogen) atoms. The van der Waals surface area contributed by atoms with Crippen LogP contribution in [0.3, 0.4) is 0 Å². The van der Waals surface area contributed by atoms with Gasteiger partial charge in [-0.25, -0.2) is 0 Å². The zero-order chi connectivity index (χ0) is 29.6. The fourth-order valence-corrected chi connectivity index (χ4v) is 10.2. The zero-order valence-electron chi connectivity index (χ0n) is 24.8. The molecule has 1 aliphatic carbocycles. The maximum absolute atomic E-state index is 13.6. The predicted octanol–water partition coefficient (Wildman–Crippen LogP) is 5.65. The second kappa shape index (κ2) is 10.8. The van der Waals surface area contributed by atoms with Gasteiger partial charge in [0.25, 0.3) is 0 Å². The van der Waals surface area contributed by atoms with E-state index < -0.39 is 29.2 Å². The summed E-state index contributed by atoms with van der Waals surface area (Å²) in [6, 6.07) is 13.1. The molecule has 9 nitrogen and oxygen atoms in total. The van der Waals surface area contributed by atoms with E-state index >= 15 is 0 Å². The van der Waals surface area contributed by atoms with Crippen LogP contribution in [-0.2, 0) is 10.0 Å². The van der Waals surface area contributed by atoms with E-state index in [0.717, 1.165) is 19.4 Å². The van der Waals surface area contributed by atoms with Gasteiger partial charge in [0.05, 0.1) is 0 Å². The minimum absolute atomic E-state index is 0.0293. The van der Waals surface area contributed by atoms with Crippen LogP contribution in [0.2, 0.25) is 22.0 Å². The number of hydrogen-bond acceptors (Lipinski definition) is 7. The second-order valence-electron chi connectivity index (χ2n) is 13.5. The van der Waals surface area contributed by atoms with Crippen molar-refractivity contribution in [1.29, 1.82) is 0 Å². The van der Waals surface area contributed by atoms with Crippen LogP contribution < -0.4 is 14.4 Å². The van der Waals surface area contributed by atoms with E-state index in [-0.39, 0.29) is 16.0 Å². The van der Waals surface area contributed by atoms with Crippen LogP contribution >= 0.6 is 0 Å². The predicted molar refractivity (Wildman–Crippen MR) is 163 cm³/mol. The molecule has 2 aliphatic rings. The number of carbonyl (C=O) groups is 1. The number of sulfonamides is 1. The van der Waals surface area contributed by atoms with E-state index in [1.807, 2.05) is 6.07 Å². The average molecular weight is 640 g/mol. The Labute approximate surface area is 246 Å². The summed E-state index contributed by atoms with van der Waals surface area (Å²) >= 11 is -2.06. The Kier molecular flexibility index (Phi) is 7.78. The van der Waals surface area contributed by atoms with E-state index in [2.05, 4.69) is 52.8 Å². The van der Waals surface area contributed by atoms with Crippen LogP contribution in [0, 0.1) is 5.41 Å². The van der Waals surface area contributed by atoms with Crippen LogP contribution in [0.1, 0.15) is 56.8 Å². The Morgan fingerprint density at radius 1 is 1.07 bits per heavy atom. The first-order valence-corrected chi connectivity index (χ1v) is 23.3. The van der Waals surface area contributed by atoms with Crippen LogP contribution in [-0.4, -0.2) is 61.0 Å². The minimum Gasteiger partial charge on any atom is -0.0472 e. The quantitative estimate of drug-likeness (QED) is 0.286. The van der Waals surface area contributed by atoms with Crippen molar-refractivity contribution in [2.75, 3.05) is 18.1 Å². The molecular weight excluding hydrogens is 599 g/mol. The number of pyridine rings is 1. The summed E-state index contributed by atoms with van der Waals surface area (Å²) in [5.41, 5.74) is 0.352. The standard InChI is InChI=1S/C30H41GeN5O4S/c1-29(2)20-22(31(4,5)6)21-35(29)27-24(28(37)34-41(38,39)23-10-8-7-9-11-23)12-13-25(32-27)36-18-14-26(33-36)40-19-17-30(3)15-16-30/h7-14,18,22H,15-17,19-21H2,1-6H3,(H,34,37).